The molecule has 4 unspecified atom stereocenters. The van der Waals surface area contributed by atoms with Gasteiger partial charge in [0.1, 0.15) is 23.5 Å². The van der Waals surface area contributed by atoms with Crippen LogP contribution in [0.3, 0.4) is 0 Å². The van der Waals surface area contributed by atoms with Crippen molar-refractivity contribution >= 4 is 29.1 Å². The van der Waals surface area contributed by atoms with Crippen LogP contribution in [0.15, 0.2) is 30.5 Å². The molecular weight excluding hydrogens is 482 g/mol. The molecule has 5 aliphatic rings. The number of nitrogens with one attached hydrogen (secondary N) is 2. The van der Waals surface area contributed by atoms with E-state index in [0.29, 0.717) is 37.7 Å². The Labute approximate surface area is 222 Å². The van der Waals surface area contributed by atoms with Crippen molar-refractivity contribution in [3.63, 3.8) is 0 Å². The van der Waals surface area contributed by atoms with Crippen LogP contribution in [0, 0.1) is 17.3 Å². The Morgan fingerprint density at radius 3 is 2.63 bits per heavy atom. The summed E-state index contributed by atoms with van der Waals surface area (Å²) < 4.78 is 7.23. The van der Waals surface area contributed by atoms with Gasteiger partial charge in [0.25, 0.3) is 5.91 Å². The van der Waals surface area contributed by atoms with Gasteiger partial charge in [0.2, 0.25) is 5.91 Å². The van der Waals surface area contributed by atoms with Gasteiger partial charge in [-0.15, -0.1) is 0 Å². The number of quaternary nitrogens is 1. The summed E-state index contributed by atoms with van der Waals surface area (Å²) in [5.41, 5.74) is 2.56. The highest BCUT2D eigenvalue weighted by molar-refractivity contribution is 6.07. The van der Waals surface area contributed by atoms with Gasteiger partial charge in [-0.25, -0.2) is 9.28 Å². The van der Waals surface area contributed by atoms with E-state index in [9.17, 15) is 14.4 Å². The van der Waals surface area contributed by atoms with E-state index in [1.807, 2.05) is 25.2 Å². The molecule has 1 aromatic carbocycles. The predicted octanol–water partition coefficient (Wildman–Crippen LogP) is 2.89. The maximum absolute atomic E-state index is 14.6. The second-order valence-electron chi connectivity index (χ2n) is 12.5. The van der Waals surface area contributed by atoms with E-state index in [4.69, 9.17) is 4.74 Å². The van der Waals surface area contributed by atoms with Crippen molar-refractivity contribution in [1.29, 1.82) is 0 Å². The standard InChI is InChI=1S/C29H35N5O4/c1-28-16-22(28)34(3,18-7-8-19-20(15-18)31-27(37)29(19)10-13-38-14-11-29)26(36)24(23(28)17-5-4-6-17)32-25(35)21-9-12-30-33(21)2/h7-9,12,15,17,22-24H,4-6,10-11,13-14,16H2,1-3H3,(H-,31,32,35,37)/p+1/t22?,23?,24-,28?,34?/m0/s1. The minimum absolute atomic E-state index is 0.0300. The van der Waals surface area contributed by atoms with Crippen molar-refractivity contribution in [2.75, 3.05) is 25.6 Å². The first-order chi connectivity index (χ1) is 18.2. The summed E-state index contributed by atoms with van der Waals surface area (Å²) in [6.07, 6.45) is 7.28. The smallest absolute Gasteiger partial charge is 0.341 e. The van der Waals surface area contributed by atoms with Crippen molar-refractivity contribution in [1.82, 2.24) is 19.6 Å². The van der Waals surface area contributed by atoms with E-state index in [2.05, 4.69) is 22.7 Å². The topological polar surface area (TPSA) is 102 Å². The molecule has 2 aliphatic carbocycles. The number of carbonyl (C=O) groups is 3. The number of nitrogens with zero attached hydrogens (tertiary/aromatic N) is 3. The molecule has 7 rings (SSSR count). The van der Waals surface area contributed by atoms with Gasteiger partial charge in [-0.1, -0.05) is 26.2 Å². The zero-order valence-corrected chi connectivity index (χ0v) is 22.3. The van der Waals surface area contributed by atoms with Crippen LogP contribution in [0.4, 0.5) is 11.4 Å². The first-order valence-electron chi connectivity index (χ1n) is 13.9. The molecule has 5 atom stereocenters. The highest BCUT2D eigenvalue weighted by atomic mass is 16.5. The Morgan fingerprint density at radius 2 is 1.97 bits per heavy atom. The van der Waals surface area contributed by atoms with Crippen LogP contribution in [0.25, 0.3) is 0 Å². The molecular formula is C29H36N5O4+. The van der Waals surface area contributed by atoms with E-state index in [1.54, 1.807) is 24.0 Å². The molecule has 0 radical (unpaired) electrons. The molecule has 3 aliphatic heterocycles. The number of piperidine rings is 1. The number of aryl methyl sites for hydroxylation is 1. The Kier molecular flexibility index (Phi) is 5.05. The van der Waals surface area contributed by atoms with Crippen molar-refractivity contribution < 1.29 is 19.1 Å². The van der Waals surface area contributed by atoms with Crippen LogP contribution in [-0.4, -0.2) is 59.8 Å². The molecule has 9 heteroatoms. The van der Waals surface area contributed by atoms with Gasteiger partial charge in [-0.3, -0.25) is 14.3 Å². The number of amides is 3. The quantitative estimate of drug-likeness (QED) is 0.606. The zero-order chi connectivity index (χ0) is 26.4. The molecule has 1 aromatic heterocycles. The number of likely N-dealkylation sites (tertiary alicyclic amines) is 1. The summed E-state index contributed by atoms with van der Waals surface area (Å²) in [5, 5.41) is 10.4. The highest BCUT2D eigenvalue weighted by Gasteiger charge is 2.76. The van der Waals surface area contributed by atoms with E-state index < -0.39 is 11.5 Å². The predicted molar refractivity (Wildman–Crippen MR) is 141 cm³/mol. The number of hydrogen-bond acceptors (Lipinski definition) is 5. The van der Waals surface area contributed by atoms with Crippen molar-refractivity contribution in [3.05, 3.63) is 41.7 Å². The van der Waals surface area contributed by atoms with E-state index in [-0.39, 0.29) is 39.6 Å². The third kappa shape index (κ3) is 3.06. The van der Waals surface area contributed by atoms with Gasteiger partial charge >= 0.3 is 5.91 Å². The zero-order valence-electron chi connectivity index (χ0n) is 22.3. The monoisotopic (exact) mass is 518 g/mol. The summed E-state index contributed by atoms with van der Waals surface area (Å²) in [7, 11) is 3.74. The molecule has 2 saturated heterocycles. The normalized spacial score (nSPS) is 35.3. The van der Waals surface area contributed by atoms with Crippen LogP contribution in [0.5, 0.6) is 0 Å². The van der Waals surface area contributed by atoms with Crippen LogP contribution in [0.1, 0.15) is 61.5 Å². The molecule has 9 nitrogen and oxygen atoms in total. The van der Waals surface area contributed by atoms with Crippen LogP contribution >= 0.6 is 0 Å². The number of likely N-dealkylation sites (N-methyl/N-ethyl adjacent to an activating group) is 1. The Balaban J connectivity index is 1.27. The molecule has 38 heavy (non-hydrogen) atoms. The summed E-state index contributed by atoms with van der Waals surface area (Å²) in [6, 6.07) is 7.35. The third-order valence-corrected chi connectivity index (χ3v) is 10.8. The molecule has 1 spiro atoms. The summed E-state index contributed by atoms with van der Waals surface area (Å²) in [6.45, 7) is 3.45. The fraction of sp³-hybridized carbons (Fsp3) is 0.586. The first-order valence-corrected chi connectivity index (χ1v) is 13.9. The maximum atomic E-state index is 14.6. The second kappa shape index (κ2) is 7.99. The third-order valence-electron chi connectivity index (χ3n) is 10.8. The molecule has 4 heterocycles. The Bertz CT molecular complexity index is 1360. The number of benzene rings is 1. The Hall–Kier alpha value is -3.04. The lowest BCUT2D eigenvalue weighted by atomic mass is 9.64. The lowest BCUT2D eigenvalue weighted by Gasteiger charge is -2.49. The summed E-state index contributed by atoms with van der Waals surface area (Å²) in [4.78, 5) is 41.1. The van der Waals surface area contributed by atoms with Gasteiger partial charge in [-0.05, 0) is 36.5 Å². The first kappa shape index (κ1) is 24.0. The summed E-state index contributed by atoms with van der Waals surface area (Å²) >= 11 is 0. The van der Waals surface area contributed by atoms with Crippen LogP contribution in [0.2, 0.25) is 0 Å². The lowest BCUT2D eigenvalue weighted by Crippen LogP contribution is -2.69. The van der Waals surface area contributed by atoms with E-state index in [1.165, 1.54) is 6.42 Å². The van der Waals surface area contributed by atoms with Gasteiger partial charge in [0.05, 0.1) is 18.2 Å². The molecule has 2 saturated carbocycles. The number of ether oxygens (including phenoxy) is 1. The number of anilines is 1. The molecule has 4 fully saturated rings. The number of aromatic nitrogens is 2. The van der Waals surface area contributed by atoms with Crippen molar-refractivity contribution in [3.8, 4) is 0 Å². The minimum atomic E-state index is -0.582. The average Bonchev–Trinajstić information content (AvgIpc) is 3.29. The van der Waals surface area contributed by atoms with Gasteiger partial charge in [-0.2, -0.15) is 5.10 Å². The van der Waals surface area contributed by atoms with Crippen LogP contribution < -0.4 is 15.1 Å². The number of fused-ring (bicyclic) bond motifs is 3. The highest BCUT2D eigenvalue weighted by Crippen LogP contribution is 2.66. The van der Waals surface area contributed by atoms with Gasteiger partial charge in [0.15, 0.2) is 0 Å². The van der Waals surface area contributed by atoms with E-state index >= 15 is 0 Å². The van der Waals surface area contributed by atoms with Crippen LogP contribution in [-0.2, 0) is 26.8 Å². The fourth-order valence-electron chi connectivity index (χ4n) is 8.27. The van der Waals surface area contributed by atoms with Gasteiger partial charge < -0.3 is 15.4 Å². The summed E-state index contributed by atoms with van der Waals surface area (Å²) in [5.74, 6) is 0.374. The van der Waals surface area contributed by atoms with Gasteiger partial charge in [0, 0.05) is 56.3 Å². The SMILES string of the molecule is Cn1nccc1C(=O)N[C@@H]1C(=O)[N+](C)(c2ccc3c(c2)NC(=O)C32CCOCC2)C2CC2(C)C1C1CCC1. The largest absolute Gasteiger partial charge is 0.381 e. The maximum Gasteiger partial charge on any atom is 0.341 e. The molecule has 200 valence electrons. The second-order valence-corrected chi connectivity index (χ2v) is 12.5. The Morgan fingerprint density at radius 1 is 1.21 bits per heavy atom. The number of hydrogen-bond donors (Lipinski definition) is 2. The number of carbonyl (C=O) groups excluding carboxylic acids is 3. The molecule has 2 N–H and O–H groups in total. The molecule has 0 bridgehead atoms. The fourth-order valence-corrected chi connectivity index (χ4v) is 8.27. The molecule has 2 aromatic rings. The lowest BCUT2D eigenvalue weighted by molar-refractivity contribution is -0.140. The number of rotatable bonds is 4. The minimum Gasteiger partial charge on any atom is -0.381 e. The average molecular weight is 519 g/mol. The van der Waals surface area contributed by atoms with Crippen molar-refractivity contribution in [2.24, 2.45) is 24.3 Å². The van der Waals surface area contributed by atoms with E-state index in [0.717, 1.165) is 36.2 Å². The van der Waals surface area contributed by atoms with Crippen molar-refractivity contribution in [2.45, 2.75) is 62.9 Å². The molecule has 3 amide bonds.